The largest absolute Gasteiger partial charge is 0.465 e. The molecule has 0 aliphatic heterocycles. The Bertz CT molecular complexity index is 929. The summed E-state index contributed by atoms with van der Waals surface area (Å²) in [7, 11) is 1.45. The van der Waals surface area contributed by atoms with Crippen LogP contribution in [0.3, 0.4) is 0 Å². The number of esters is 1. The molecule has 1 amide bonds. The monoisotopic (exact) mass is 569 g/mol. The predicted octanol–water partition coefficient (Wildman–Crippen LogP) is 7.78. The molecule has 41 heavy (non-hydrogen) atoms. The highest BCUT2D eigenvalue weighted by Crippen LogP contribution is 2.24. The van der Waals surface area contributed by atoms with Crippen LogP contribution in [0.25, 0.3) is 0 Å². The van der Waals surface area contributed by atoms with Crippen LogP contribution in [0.2, 0.25) is 0 Å². The second kappa shape index (κ2) is 22.7. The second-order valence-electron chi connectivity index (χ2n) is 11.6. The van der Waals surface area contributed by atoms with Crippen molar-refractivity contribution in [3.8, 4) is 0 Å². The van der Waals surface area contributed by atoms with E-state index in [4.69, 9.17) is 9.47 Å². The number of hydrogen-bond donors (Lipinski definition) is 1. The van der Waals surface area contributed by atoms with Gasteiger partial charge < -0.3 is 14.8 Å². The fourth-order valence-electron chi connectivity index (χ4n) is 3.65. The molecular formula is C35H55NO5. The van der Waals surface area contributed by atoms with E-state index < -0.39 is 16.9 Å². The molecule has 1 N–H and O–H groups in total. The van der Waals surface area contributed by atoms with Crippen molar-refractivity contribution >= 4 is 17.7 Å². The van der Waals surface area contributed by atoms with Crippen LogP contribution in [0.15, 0.2) is 72.9 Å². The van der Waals surface area contributed by atoms with Gasteiger partial charge in [-0.15, -0.1) is 0 Å². The summed E-state index contributed by atoms with van der Waals surface area (Å²) in [6, 6.07) is 0. The molecular weight excluding hydrogens is 514 g/mol. The molecule has 6 heteroatoms. The molecule has 0 aromatic rings. The molecule has 0 bridgehead atoms. The smallest absolute Gasteiger partial charge is 0.309 e. The van der Waals surface area contributed by atoms with Crippen LogP contribution in [-0.2, 0) is 23.9 Å². The Balaban J connectivity index is 4.19. The van der Waals surface area contributed by atoms with Crippen LogP contribution < -0.4 is 5.32 Å². The second-order valence-corrected chi connectivity index (χ2v) is 11.6. The highest BCUT2D eigenvalue weighted by Gasteiger charge is 2.36. The van der Waals surface area contributed by atoms with Crippen molar-refractivity contribution < 1.29 is 23.9 Å². The molecule has 0 fully saturated rings. The summed E-state index contributed by atoms with van der Waals surface area (Å²) in [5.74, 6) is -0.606. The predicted molar refractivity (Wildman–Crippen MR) is 170 cm³/mol. The third-order valence-electron chi connectivity index (χ3n) is 6.16. The maximum Gasteiger partial charge on any atom is 0.309 e. The molecule has 0 saturated heterocycles. The Kier molecular flexibility index (Phi) is 21.0. The fraction of sp³-hybridized carbons (Fsp3) is 0.571. The fourth-order valence-corrected chi connectivity index (χ4v) is 3.65. The Morgan fingerprint density at radius 3 is 1.56 bits per heavy atom. The van der Waals surface area contributed by atoms with Gasteiger partial charge in [-0.05, 0) is 38.5 Å². The molecule has 0 aromatic heterocycles. The lowest BCUT2D eigenvalue weighted by Crippen LogP contribution is -2.48. The summed E-state index contributed by atoms with van der Waals surface area (Å²) >= 11 is 0. The molecule has 6 nitrogen and oxygen atoms in total. The third-order valence-corrected chi connectivity index (χ3v) is 6.16. The molecule has 1 atom stereocenters. The summed E-state index contributed by atoms with van der Waals surface area (Å²) in [5, 5.41) is 2.76. The summed E-state index contributed by atoms with van der Waals surface area (Å²) < 4.78 is 10.8. The maximum absolute atomic E-state index is 12.6. The first-order valence-corrected chi connectivity index (χ1v) is 14.8. The van der Waals surface area contributed by atoms with Crippen molar-refractivity contribution in [2.24, 2.45) is 10.8 Å². The number of carbonyl (C=O) groups excluding carboxylic acids is 3. The van der Waals surface area contributed by atoms with E-state index in [0.29, 0.717) is 0 Å². The summed E-state index contributed by atoms with van der Waals surface area (Å²) in [6.45, 7) is 11.6. The van der Waals surface area contributed by atoms with Gasteiger partial charge >= 0.3 is 5.97 Å². The average molecular weight is 570 g/mol. The summed E-state index contributed by atoms with van der Waals surface area (Å²) in [5.41, 5.74) is -1.18. The topological polar surface area (TPSA) is 81.7 Å². The number of Topliss-reactive ketones (excluding diaryl/α,β-unsaturated/α-hetero) is 1. The van der Waals surface area contributed by atoms with Gasteiger partial charge in [0.1, 0.15) is 11.9 Å². The number of nitrogens with one attached hydrogen (secondary N) is 1. The lowest BCUT2D eigenvalue weighted by atomic mass is 9.86. The Morgan fingerprint density at radius 2 is 1.15 bits per heavy atom. The van der Waals surface area contributed by atoms with Gasteiger partial charge in [0.05, 0.1) is 13.0 Å². The van der Waals surface area contributed by atoms with Crippen LogP contribution in [0, 0.1) is 10.8 Å². The van der Waals surface area contributed by atoms with Crippen molar-refractivity contribution in [2.75, 3.05) is 20.3 Å². The number of hydrogen-bond acceptors (Lipinski definition) is 5. The van der Waals surface area contributed by atoms with Gasteiger partial charge in [-0.2, -0.15) is 0 Å². The lowest BCUT2D eigenvalue weighted by Gasteiger charge is -2.31. The first-order valence-electron chi connectivity index (χ1n) is 14.8. The average Bonchev–Trinajstić information content (AvgIpc) is 2.91. The molecule has 0 rings (SSSR count). The highest BCUT2D eigenvalue weighted by atomic mass is 16.5. The number of rotatable bonds is 21. The van der Waals surface area contributed by atoms with Gasteiger partial charge in [-0.25, -0.2) is 0 Å². The number of ketones is 1. The molecule has 230 valence electrons. The van der Waals surface area contributed by atoms with E-state index in [1.54, 1.807) is 6.08 Å². The number of carbonyl (C=O) groups is 3. The maximum atomic E-state index is 12.6. The molecule has 0 aliphatic carbocycles. The third kappa shape index (κ3) is 20.5. The SMILES string of the molecule is CC/C=C\C/C=C\C/C=C\C/C=C\C/C=C\C/C=C\CC(=O)OCC(C)(C)[C@@H](OC)C(=O)NCCC(=O)C(C)(C)C. The molecule has 0 heterocycles. The van der Waals surface area contributed by atoms with Gasteiger partial charge in [0.25, 0.3) is 0 Å². The van der Waals surface area contributed by atoms with Gasteiger partial charge in [-0.1, -0.05) is 114 Å². The Hall–Kier alpha value is -2.99. The van der Waals surface area contributed by atoms with E-state index >= 15 is 0 Å². The number of allylic oxidation sites excluding steroid dienone is 11. The van der Waals surface area contributed by atoms with E-state index in [9.17, 15) is 14.4 Å². The summed E-state index contributed by atoms with van der Waals surface area (Å²) in [4.78, 5) is 36.9. The van der Waals surface area contributed by atoms with E-state index in [2.05, 4.69) is 73.0 Å². The van der Waals surface area contributed by atoms with Crippen LogP contribution in [0.1, 0.15) is 92.9 Å². The molecule has 0 saturated carbocycles. The van der Waals surface area contributed by atoms with Gasteiger partial charge in [0, 0.05) is 30.9 Å². The number of amides is 1. The first-order chi connectivity index (χ1) is 19.5. The number of methoxy groups -OCH3 is 1. The standard InChI is InChI=1S/C35H55NO5/c1-8-9-10-11-12-13-14-15-16-17-18-19-20-21-22-23-24-25-26-31(38)41-29-35(5,6)32(40-7)33(39)36-28-27-30(37)34(2,3)4/h9-10,12-13,15-16,18-19,21-22,24-25,32H,8,11,14,17,20,23,26-29H2,1-7H3,(H,36,39)/b10-9-,13-12-,16-15-,19-18-,22-21-,25-24-/t32-/m0/s1. The molecule has 0 aromatic carbocycles. The Morgan fingerprint density at radius 1 is 0.707 bits per heavy atom. The van der Waals surface area contributed by atoms with E-state index in [-0.39, 0.29) is 43.7 Å². The number of ether oxygens (including phenoxy) is 2. The zero-order valence-electron chi connectivity index (χ0n) is 26.6. The molecule has 0 aliphatic rings. The van der Waals surface area contributed by atoms with Crippen molar-refractivity contribution in [2.45, 2.75) is 99.0 Å². The minimum absolute atomic E-state index is 0.0429. The quantitative estimate of drug-likeness (QED) is 0.113. The minimum atomic E-state index is -0.814. The summed E-state index contributed by atoms with van der Waals surface area (Å²) in [6.07, 6.45) is 30.6. The van der Waals surface area contributed by atoms with Crippen molar-refractivity contribution in [3.63, 3.8) is 0 Å². The lowest BCUT2D eigenvalue weighted by molar-refractivity contribution is -0.154. The first kappa shape index (κ1) is 38.0. The minimum Gasteiger partial charge on any atom is -0.465 e. The highest BCUT2D eigenvalue weighted by molar-refractivity contribution is 5.85. The molecule has 0 radical (unpaired) electrons. The zero-order chi connectivity index (χ0) is 31.0. The van der Waals surface area contributed by atoms with Crippen LogP contribution >= 0.6 is 0 Å². The van der Waals surface area contributed by atoms with Crippen molar-refractivity contribution in [1.29, 1.82) is 0 Å². The van der Waals surface area contributed by atoms with Crippen LogP contribution in [0.5, 0.6) is 0 Å². The van der Waals surface area contributed by atoms with Crippen molar-refractivity contribution in [1.82, 2.24) is 5.32 Å². The van der Waals surface area contributed by atoms with Crippen molar-refractivity contribution in [3.05, 3.63) is 72.9 Å². The van der Waals surface area contributed by atoms with E-state index in [1.165, 1.54) is 7.11 Å². The van der Waals surface area contributed by atoms with Gasteiger partial charge in [0.2, 0.25) is 5.91 Å². The normalized spacial score (nSPS) is 13.9. The Labute approximate surface area is 249 Å². The zero-order valence-corrected chi connectivity index (χ0v) is 26.6. The molecule has 0 unspecified atom stereocenters. The van der Waals surface area contributed by atoms with Crippen LogP contribution in [0.4, 0.5) is 0 Å². The van der Waals surface area contributed by atoms with E-state index in [1.807, 2.05) is 40.7 Å². The van der Waals surface area contributed by atoms with Gasteiger partial charge in [-0.3, -0.25) is 14.4 Å². The van der Waals surface area contributed by atoms with Crippen LogP contribution in [-0.4, -0.2) is 44.0 Å². The van der Waals surface area contributed by atoms with Gasteiger partial charge in [0.15, 0.2) is 0 Å². The molecule has 0 spiro atoms. The van der Waals surface area contributed by atoms with E-state index in [0.717, 1.165) is 38.5 Å².